The van der Waals surface area contributed by atoms with E-state index in [1.807, 2.05) is 0 Å². The van der Waals surface area contributed by atoms with Gasteiger partial charge in [-0.25, -0.2) is 0 Å². The number of ether oxygens (including phenoxy) is 1. The summed E-state index contributed by atoms with van der Waals surface area (Å²) in [4.78, 5) is 0. The van der Waals surface area contributed by atoms with Crippen LogP contribution in [0.2, 0.25) is 0 Å². The lowest BCUT2D eigenvalue weighted by molar-refractivity contribution is -0.0991. The Morgan fingerprint density at radius 1 is 1.38 bits per heavy atom. The van der Waals surface area contributed by atoms with Crippen LogP contribution in [0.4, 0.5) is 0 Å². The molecular formula is C12H17NO3. The first-order valence-electron chi connectivity index (χ1n) is 5.38. The van der Waals surface area contributed by atoms with E-state index in [0.29, 0.717) is 6.54 Å². The van der Waals surface area contributed by atoms with E-state index in [2.05, 4.69) is 12.2 Å². The Hall–Kier alpha value is -1.26. The minimum atomic E-state index is 0.0839. The summed E-state index contributed by atoms with van der Waals surface area (Å²) in [5.74, 6) is 0.211. The number of phenolic OH excluding ortho intramolecular Hbond substituents is 2. The minimum Gasteiger partial charge on any atom is -0.508 e. The number of hydrogen-bond acceptors (Lipinski definition) is 4. The van der Waals surface area contributed by atoms with Crippen molar-refractivity contribution in [2.45, 2.75) is 13.5 Å². The van der Waals surface area contributed by atoms with Crippen molar-refractivity contribution in [2.24, 2.45) is 5.41 Å². The molecule has 0 radical (unpaired) electrons. The van der Waals surface area contributed by atoms with Crippen LogP contribution in [0.5, 0.6) is 11.5 Å². The Balaban J connectivity index is 1.85. The van der Waals surface area contributed by atoms with Gasteiger partial charge in [0.2, 0.25) is 0 Å². The standard InChI is InChI=1S/C12H17NO3/c1-12(7-16-8-12)6-13-5-9-2-3-10(14)4-11(9)15/h2-4,13-15H,5-8H2,1H3. The summed E-state index contributed by atoms with van der Waals surface area (Å²) < 4.78 is 5.16. The molecule has 0 bridgehead atoms. The first kappa shape index (κ1) is 11.2. The van der Waals surface area contributed by atoms with E-state index >= 15 is 0 Å². The summed E-state index contributed by atoms with van der Waals surface area (Å²) in [6, 6.07) is 4.65. The number of hydrogen-bond donors (Lipinski definition) is 3. The van der Waals surface area contributed by atoms with E-state index < -0.39 is 0 Å². The second-order valence-electron chi connectivity index (χ2n) is 4.72. The Bertz CT molecular complexity index is 375. The minimum absolute atomic E-state index is 0.0839. The first-order valence-corrected chi connectivity index (χ1v) is 5.38. The van der Waals surface area contributed by atoms with Crippen LogP contribution in [0.3, 0.4) is 0 Å². The van der Waals surface area contributed by atoms with Crippen LogP contribution < -0.4 is 5.32 Å². The molecule has 16 heavy (non-hydrogen) atoms. The maximum atomic E-state index is 9.57. The van der Waals surface area contributed by atoms with Gasteiger partial charge in [0.05, 0.1) is 13.2 Å². The van der Waals surface area contributed by atoms with E-state index in [0.717, 1.165) is 25.3 Å². The molecule has 3 N–H and O–H groups in total. The molecule has 88 valence electrons. The molecule has 0 aromatic heterocycles. The molecule has 2 rings (SSSR count). The average Bonchev–Trinajstić information content (AvgIpc) is 2.19. The Morgan fingerprint density at radius 3 is 2.69 bits per heavy atom. The summed E-state index contributed by atoms with van der Waals surface area (Å²) in [7, 11) is 0. The summed E-state index contributed by atoms with van der Waals surface area (Å²) >= 11 is 0. The lowest BCUT2D eigenvalue weighted by Crippen LogP contribution is -2.47. The highest BCUT2D eigenvalue weighted by atomic mass is 16.5. The lowest BCUT2D eigenvalue weighted by atomic mass is 9.89. The van der Waals surface area contributed by atoms with Gasteiger partial charge < -0.3 is 20.3 Å². The molecule has 4 nitrogen and oxygen atoms in total. The molecule has 1 aliphatic rings. The molecule has 4 heteroatoms. The van der Waals surface area contributed by atoms with Crippen molar-refractivity contribution < 1.29 is 14.9 Å². The number of rotatable bonds is 4. The zero-order valence-corrected chi connectivity index (χ0v) is 9.36. The van der Waals surface area contributed by atoms with Crippen LogP contribution in [0, 0.1) is 5.41 Å². The highest BCUT2D eigenvalue weighted by Gasteiger charge is 2.32. The summed E-state index contributed by atoms with van der Waals surface area (Å²) in [5.41, 5.74) is 1.02. The Kier molecular flexibility index (Phi) is 3.03. The fourth-order valence-corrected chi connectivity index (χ4v) is 1.75. The molecule has 1 aromatic rings. The van der Waals surface area contributed by atoms with E-state index in [-0.39, 0.29) is 16.9 Å². The maximum absolute atomic E-state index is 9.57. The fraction of sp³-hybridized carbons (Fsp3) is 0.500. The largest absolute Gasteiger partial charge is 0.508 e. The molecule has 0 amide bonds. The molecule has 0 aliphatic carbocycles. The van der Waals surface area contributed by atoms with Gasteiger partial charge in [-0.05, 0) is 6.07 Å². The van der Waals surface area contributed by atoms with E-state index in [1.54, 1.807) is 12.1 Å². The molecule has 1 saturated heterocycles. The van der Waals surface area contributed by atoms with Gasteiger partial charge in [-0.3, -0.25) is 0 Å². The molecule has 1 aliphatic heterocycles. The van der Waals surface area contributed by atoms with Crippen molar-refractivity contribution >= 4 is 0 Å². The normalized spacial score (nSPS) is 18.1. The van der Waals surface area contributed by atoms with Gasteiger partial charge in [0.15, 0.2) is 0 Å². The highest BCUT2D eigenvalue weighted by molar-refractivity contribution is 5.38. The van der Waals surface area contributed by atoms with Crippen molar-refractivity contribution in [2.75, 3.05) is 19.8 Å². The lowest BCUT2D eigenvalue weighted by Gasteiger charge is -2.38. The maximum Gasteiger partial charge on any atom is 0.123 e. The molecule has 0 atom stereocenters. The summed E-state index contributed by atoms with van der Waals surface area (Å²) in [6.07, 6.45) is 0. The molecule has 1 heterocycles. The van der Waals surface area contributed by atoms with Crippen LogP contribution >= 0.6 is 0 Å². The molecule has 1 fully saturated rings. The topological polar surface area (TPSA) is 61.7 Å². The van der Waals surface area contributed by atoms with Crippen molar-refractivity contribution in [3.63, 3.8) is 0 Å². The monoisotopic (exact) mass is 223 g/mol. The quantitative estimate of drug-likeness (QED) is 0.718. The zero-order chi connectivity index (χ0) is 11.6. The van der Waals surface area contributed by atoms with E-state index in [4.69, 9.17) is 9.84 Å². The van der Waals surface area contributed by atoms with Crippen LogP contribution in [-0.2, 0) is 11.3 Å². The van der Waals surface area contributed by atoms with Gasteiger partial charge in [0.1, 0.15) is 11.5 Å². The van der Waals surface area contributed by atoms with Gasteiger partial charge in [-0.1, -0.05) is 13.0 Å². The van der Waals surface area contributed by atoms with Crippen LogP contribution in [-0.4, -0.2) is 30.0 Å². The number of aromatic hydroxyl groups is 2. The average molecular weight is 223 g/mol. The van der Waals surface area contributed by atoms with E-state index in [1.165, 1.54) is 6.07 Å². The predicted octanol–water partition coefficient (Wildman–Crippen LogP) is 1.22. The van der Waals surface area contributed by atoms with Crippen molar-refractivity contribution in [3.05, 3.63) is 23.8 Å². The van der Waals surface area contributed by atoms with Gasteiger partial charge >= 0.3 is 0 Å². The van der Waals surface area contributed by atoms with E-state index in [9.17, 15) is 5.11 Å². The SMILES string of the molecule is CC1(CNCc2ccc(O)cc2O)COC1. The van der Waals surface area contributed by atoms with Gasteiger partial charge in [0, 0.05) is 30.1 Å². The van der Waals surface area contributed by atoms with Gasteiger partial charge in [-0.2, -0.15) is 0 Å². The van der Waals surface area contributed by atoms with Gasteiger partial charge in [-0.15, -0.1) is 0 Å². The summed E-state index contributed by atoms with van der Waals surface area (Å²) in [6.45, 7) is 5.22. The Morgan fingerprint density at radius 2 is 2.12 bits per heavy atom. The van der Waals surface area contributed by atoms with Crippen LogP contribution in [0.25, 0.3) is 0 Å². The van der Waals surface area contributed by atoms with Crippen molar-refractivity contribution in [1.29, 1.82) is 0 Å². The zero-order valence-electron chi connectivity index (χ0n) is 9.36. The molecule has 0 unspecified atom stereocenters. The van der Waals surface area contributed by atoms with Crippen LogP contribution in [0.15, 0.2) is 18.2 Å². The third-order valence-electron chi connectivity index (χ3n) is 2.84. The fourth-order valence-electron chi connectivity index (χ4n) is 1.75. The smallest absolute Gasteiger partial charge is 0.123 e. The number of nitrogens with one attached hydrogen (secondary N) is 1. The molecular weight excluding hydrogens is 206 g/mol. The molecule has 0 spiro atoms. The van der Waals surface area contributed by atoms with Gasteiger partial charge in [0.25, 0.3) is 0 Å². The molecule has 1 aromatic carbocycles. The predicted molar refractivity (Wildman–Crippen MR) is 60.4 cm³/mol. The highest BCUT2D eigenvalue weighted by Crippen LogP contribution is 2.26. The number of benzene rings is 1. The van der Waals surface area contributed by atoms with Crippen molar-refractivity contribution in [1.82, 2.24) is 5.32 Å². The Labute approximate surface area is 94.9 Å². The second kappa shape index (κ2) is 4.31. The first-order chi connectivity index (χ1) is 7.59. The number of phenols is 2. The van der Waals surface area contributed by atoms with Crippen LogP contribution in [0.1, 0.15) is 12.5 Å². The van der Waals surface area contributed by atoms with Crippen molar-refractivity contribution in [3.8, 4) is 11.5 Å². The molecule has 0 saturated carbocycles. The third kappa shape index (κ3) is 2.46. The third-order valence-corrected chi connectivity index (χ3v) is 2.84. The summed E-state index contributed by atoms with van der Waals surface area (Å²) in [5, 5.41) is 22.0. The second-order valence-corrected chi connectivity index (χ2v) is 4.72.